The zero-order valence-electron chi connectivity index (χ0n) is 16.4. The summed E-state index contributed by atoms with van der Waals surface area (Å²) < 4.78 is 2.91. The molecule has 152 valence electrons. The molecule has 3 aromatic rings. The van der Waals surface area contributed by atoms with Crippen molar-refractivity contribution < 1.29 is 0 Å². The van der Waals surface area contributed by atoms with E-state index in [2.05, 4.69) is 14.9 Å². The summed E-state index contributed by atoms with van der Waals surface area (Å²) in [4.78, 5) is 37.8. The van der Waals surface area contributed by atoms with Gasteiger partial charge in [-0.05, 0) is 33.2 Å². The molecule has 2 aliphatic rings. The minimum absolute atomic E-state index is 0.162. The summed E-state index contributed by atoms with van der Waals surface area (Å²) >= 11 is 3.22. The first-order chi connectivity index (χ1) is 13.9. The van der Waals surface area contributed by atoms with E-state index in [1.807, 2.05) is 24.7 Å². The van der Waals surface area contributed by atoms with Gasteiger partial charge in [-0.2, -0.15) is 5.10 Å². The summed E-state index contributed by atoms with van der Waals surface area (Å²) in [6.45, 7) is 7.46. The third-order valence-electron chi connectivity index (χ3n) is 6.05. The molecule has 0 bridgehead atoms. The molecule has 0 saturated carbocycles. The number of aromatic nitrogens is 5. The number of hydrogen-bond donors (Lipinski definition) is 0. The summed E-state index contributed by atoms with van der Waals surface area (Å²) in [5.74, 6) is 0.762. The van der Waals surface area contributed by atoms with Crippen molar-refractivity contribution in [3.63, 3.8) is 0 Å². The molecular formula is C19H22N6O2S2. The topological polar surface area (TPSA) is 85.9 Å². The largest absolute Gasteiger partial charge is 0.332 e. The molecule has 0 amide bonds. The van der Waals surface area contributed by atoms with Crippen molar-refractivity contribution in [3.05, 3.63) is 58.7 Å². The zero-order valence-corrected chi connectivity index (χ0v) is 18.1. The second-order valence-corrected chi connectivity index (χ2v) is 9.95. The second kappa shape index (κ2) is 6.96. The van der Waals surface area contributed by atoms with Crippen molar-refractivity contribution in [3.8, 4) is 0 Å². The zero-order chi connectivity index (χ0) is 20.2. The monoisotopic (exact) mass is 430 g/mol. The van der Waals surface area contributed by atoms with Crippen LogP contribution in [0.15, 0.2) is 20.5 Å². The molecule has 0 aliphatic carbocycles. The lowest BCUT2D eigenvalue weighted by atomic mass is 9.85. The second-order valence-electron chi connectivity index (χ2n) is 7.95. The van der Waals surface area contributed by atoms with E-state index in [0.29, 0.717) is 6.54 Å². The number of fused-ring (bicyclic) bond motifs is 2. The molecule has 0 radical (unpaired) electrons. The van der Waals surface area contributed by atoms with Gasteiger partial charge in [0.05, 0.1) is 28.5 Å². The highest BCUT2D eigenvalue weighted by Crippen LogP contribution is 2.41. The smallest absolute Gasteiger partial charge is 0.297 e. The molecule has 2 aliphatic heterocycles. The van der Waals surface area contributed by atoms with Crippen LogP contribution in [0.3, 0.4) is 0 Å². The van der Waals surface area contributed by atoms with Crippen molar-refractivity contribution in [2.45, 2.75) is 51.7 Å². The number of hydrogen-bond acceptors (Lipinski definition) is 8. The van der Waals surface area contributed by atoms with Crippen molar-refractivity contribution in [1.29, 1.82) is 0 Å². The highest BCUT2D eigenvalue weighted by atomic mass is 32.1. The molecule has 8 nitrogen and oxygen atoms in total. The van der Waals surface area contributed by atoms with Gasteiger partial charge in [-0.3, -0.25) is 19.1 Å². The Kier molecular flexibility index (Phi) is 4.52. The first-order valence-corrected chi connectivity index (χ1v) is 11.5. The van der Waals surface area contributed by atoms with Crippen LogP contribution in [0, 0.1) is 13.8 Å². The van der Waals surface area contributed by atoms with E-state index in [1.54, 1.807) is 15.9 Å². The van der Waals surface area contributed by atoms with Crippen molar-refractivity contribution in [2.75, 3.05) is 13.1 Å². The van der Waals surface area contributed by atoms with Crippen LogP contribution in [0.25, 0.3) is 0 Å². The first-order valence-electron chi connectivity index (χ1n) is 9.70. The Bertz CT molecular complexity index is 1190. The molecule has 1 atom stereocenters. The average molecular weight is 431 g/mol. The summed E-state index contributed by atoms with van der Waals surface area (Å²) in [5.41, 5.74) is 2.56. The molecule has 1 spiro atoms. The van der Waals surface area contributed by atoms with Gasteiger partial charge in [0.1, 0.15) is 5.82 Å². The van der Waals surface area contributed by atoms with Gasteiger partial charge in [0.2, 0.25) is 0 Å². The lowest BCUT2D eigenvalue weighted by Crippen LogP contribution is -2.45. The van der Waals surface area contributed by atoms with E-state index in [0.717, 1.165) is 54.7 Å². The highest BCUT2D eigenvalue weighted by molar-refractivity contribution is 7.09. The molecule has 1 unspecified atom stereocenters. The number of thiazole rings is 2. The normalized spacial score (nSPS) is 21.3. The van der Waals surface area contributed by atoms with E-state index < -0.39 is 11.1 Å². The third kappa shape index (κ3) is 3.19. The predicted molar refractivity (Wildman–Crippen MR) is 112 cm³/mol. The van der Waals surface area contributed by atoms with E-state index in [9.17, 15) is 9.59 Å². The molecule has 0 N–H and O–H groups in total. The maximum absolute atomic E-state index is 12.8. The standard InChI is InChI=1S/C19H22N6O2S2/c1-12-15(29-11-20-12)8-23-5-3-19(10-23)4-6-24-16(26)17(27)25(22-18(19)24)7-14-9-28-13(2)21-14/h9,11H,3-8,10H2,1-2H3. The van der Waals surface area contributed by atoms with Gasteiger partial charge < -0.3 is 0 Å². The molecule has 5 heterocycles. The van der Waals surface area contributed by atoms with Crippen LogP contribution in [0.4, 0.5) is 0 Å². The molecular weight excluding hydrogens is 408 g/mol. The van der Waals surface area contributed by atoms with Gasteiger partial charge in [0.15, 0.2) is 0 Å². The lowest BCUT2D eigenvalue weighted by molar-refractivity contribution is 0.299. The number of rotatable bonds is 4. The summed E-state index contributed by atoms with van der Waals surface area (Å²) in [6.07, 6.45) is 1.80. The number of nitrogens with zero attached hydrogens (tertiary/aromatic N) is 6. The first kappa shape index (κ1) is 18.8. The van der Waals surface area contributed by atoms with Gasteiger partial charge in [-0.1, -0.05) is 0 Å². The summed E-state index contributed by atoms with van der Waals surface area (Å²) in [7, 11) is 0. The fraction of sp³-hybridized carbons (Fsp3) is 0.526. The minimum atomic E-state index is -0.563. The fourth-order valence-electron chi connectivity index (χ4n) is 4.48. The SMILES string of the molecule is Cc1nc(Cn2nc3n(c(=O)c2=O)CCC32CCN(Cc3scnc3C)C2)cs1. The molecule has 1 fully saturated rings. The van der Waals surface area contributed by atoms with Gasteiger partial charge in [0.25, 0.3) is 0 Å². The quantitative estimate of drug-likeness (QED) is 0.584. The Labute approximate surface area is 175 Å². The molecule has 10 heteroatoms. The van der Waals surface area contributed by atoms with Crippen LogP contribution in [0.1, 0.15) is 39.9 Å². The summed E-state index contributed by atoms with van der Waals surface area (Å²) in [6, 6.07) is 0. The van der Waals surface area contributed by atoms with Crippen molar-refractivity contribution in [1.82, 2.24) is 29.2 Å². The number of likely N-dealkylation sites (tertiary alicyclic amines) is 1. The molecule has 1 saturated heterocycles. The van der Waals surface area contributed by atoms with Crippen LogP contribution in [-0.4, -0.2) is 42.3 Å². The number of aryl methyl sites for hydroxylation is 2. The average Bonchev–Trinajstić information content (AvgIpc) is 3.46. The van der Waals surface area contributed by atoms with Crippen LogP contribution < -0.4 is 11.1 Å². The maximum atomic E-state index is 12.8. The predicted octanol–water partition coefficient (Wildman–Crippen LogP) is 1.53. The van der Waals surface area contributed by atoms with E-state index in [-0.39, 0.29) is 12.0 Å². The van der Waals surface area contributed by atoms with Crippen molar-refractivity contribution >= 4 is 22.7 Å². The third-order valence-corrected chi connectivity index (χ3v) is 7.79. The van der Waals surface area contributed by atoms with Gasteiger partial charge in [-0.15, -0.1) is 22.7 Å². The molecule has 5 rings (SSSR count). The van der Waals surface area contributed by atoms with Crippen LogP contribution >= 0.6 is 22.7 Å². The van der Waals surface area contributed by atoms with Gasteiger partial charge >= 0.3 is 11.1 Å². The minimum Gasteiger partial charge on any atom is -0.297 e. The molecule has 29 heavy (non-hydrogen) atoms. The molecule has 3 aromatic heterocycles. The van der Waals surface area contributed by atoms with E-state index in [4.69, 9.17) is 5.10 Å². The highest BCUT2D eigenvalue weighted by Gasteiger charge is 2.47. The van der Waals surface area contributed by atoms with Crippen LogP contribution in [0.5, 0.6) is 0 Å². The van der Waals surface area contributed by atoms with E-state index in [1.165, 1.54) is 20.9 Å². The lowest BCUT2D eigenvalue weighted by Gasteiger charge is -2.23. The Hall–Kier alpha value is -2.17. The van der Waals surface area contributed by atoms with Crippen LogP contribution in [-0.2, 0) is 25.0 Å². The van der Waals surface area contributed by atoms with Gasteiger partial charge in [-0.25, -0.2) is 14.6 Å². The van der Waals surface area contributed by atoms with E-state index >= 15 is 0 Å². The Morgan fingerprint density at radius 2 is 1.93 bits per heavy atom. The Morgan fingerprint density at radius 3 is 2.66 bits per heavy atom. The Balaban J connectivity index is 1.46. The van der Waals surface area contributed by atoms with Crippen LogP contribution in [0.2, 0.25) is 0 Å². The fourth-order valence-corrected chi connectivity index (χ4v) is 5.90. The maximum Gasteiger partial charge on any atom is 0.332 e. The molecule has 0 aromatic carbocycles. The van der Waals surface area contributed by atoms with Crippen molar-refractivity contribution in [2.24, 2.45) is 0 Å². The van der Waals surface area contributed by atoms with Gasteiger partial charge in [0, 0.05) is 35.3 Å². The summed E-state index contributed by atoms with van der Waals surface area (Å²) in [5, 5.41) is 7.55. The Morgan fingerprint density at radius 1 is 1.10 bits per heavy atom.